The van der Waals surface area contributed by atoms with Crippen molar-refractivity contribution in [2.45, 2.75) is 24.4 Å². The first-order valence-corrected chi connectivity index (χ1v) is 8.45. The molecule has 3 rings (SSSR count). The molecule has 3 nitrogen and oxygen atoms in total. The summed E-state index contributed by atoms with van der Waals surface area (Å²) < 4.78 is 12.2. The van der Waals surface area contributed by atoms with E-state index in [0.717, 1.165) is 15.4 Å². The molecule has 0 saturated heterocycles. The molecule has 0 amide bonds. The van der Waals surface area contributed by atoms with Gasteiger partial charge in [0.05, 0.1) is 0 Å². The van der Waals surface area contributed by atoms with Crippen LogP contribution in [-0.2, 0) is 29.5 Å². The van der Waals surface area contributed by atoms with Crippen molar-refractivity contribution in [3.05, 3.63) is 60.1 Å². The van der Waals surface area contributed by atoms with Gasteiger partial charge in [0.15, 0.2) is 0 Å². The number of methoxy groups -OCH3 is 1. The van der Waals surface area contributed by atoms with E-state index in [1.807, 2.05) is 37.3 Å². The number of hydrogen-bond donors (Lipinski definition) is 1. The fourth-order valence-corrected chi connectivity index (χ4v) is 4.77. The molecular formula is C17H18O3W. The summed E-state index contributed by atoms with van der Waals surface area (Å²) in [4.78, 5) is 0. The Kier molecular flexibility index (Phi) is 4.00. The molecule has 1 fully saturated rings. The van der Waals surface area contributed by atoms with Gasteiger partial charge in [-0.3, -0.25) is 0 Å². The zero-order valence-electron chi connectivity index (χ0n) is 12.0. The van der Waals surface area contributed by atoms with Gasteiger partial charge in [0.25, 0.3) is 0 Å². The average molecular weight is 454 g/mol. The summed E-state index contributed by atoms with van der Waals surface area (Å²) >= 11 is 1.30. The van der Waals surface area contributed by atoms with Crippen molar-refractivity contribution in [1.29, 1.82) is 0 Å². The van der Waals surface area contributed by atoms with Crippen molar-refractivity contribution in [1.82, 2.24) is 0 Å². The summed E-state index contributed by atoms with van der Waals surface area (Å²) in [5.41, 5.74) is 0.786. The fraction of sp³-hybridized carbons (Fsp3) is 0.353. The van der Waals surface area contributed by atoms with Gasteiger partial charge in [0.1, 0.15) is 0 Å². The van der Waals surface area contributed by atoms with Crippen LogP contribution in [0.25, 0.3) is 0 Å². The van der Waals surface area contributed by atoms with Crippen LogP contribution in [0.2, 0.25) is 0 Å². The van der Waals surface area contributed by atoms with Crippen LogP contribution in [0.1, 0.15) is 24.2 Å². The predicted molar refractivity (Wildman–Crippen MR) is 76.8 cm³/mol. The molecule has 21 heavy (non-hydrogen) atoms. The van der Waals surface area contributed by atoms with Gasteiger partial charge >= 0.3 is 135 Å². The number of ether oxygens (including phenoxy) is 1. The first kappa shape index (κ1) is 14.9. The Labute approximate surface area is 135 Å². The Bertz CT molecular complexity index is 621. The van der Waals surface area contributed by atoms with Gasteiger partial charge in [-0.2, -0.15) is 0 Å². The van der Waals surface area contributed by atoms with Crippen LogP contribution >= 0.6 is 0 Å². The summed E-state index contributed by atoms with van der Waals surface area (Å²) in [5.74, 6) is 1.20. The van der Waals surface area contributed by atoms with Gasteiger partial charge in [-0.1, -0.05) is 0 Å². The van der Waals surface area contributed by atoms with E-state index in [4.69, 9.17) is 9.15 Å². The van der Waals surface area contributed by atoms with Gasteiger partial charge in [-0.05, 0) is 0 Å². The molecule has 1 heterocycles. The molecule has 1 aromatic heterocycles. The van der Waals surface area contributed by atoms with Crippen molar-refractivity contribution in [3.63, 3.8) is 0 Å². The zero-order chi connectivity index (χ0) is 15.0. The van der Waals surface area contributed by atoms with Crippen LogP contribution in [0.5, 0.6) is 0 Å². The summed E-state index contributed by atoms with van der Waals surface area (Å²) in [6.07, 6.45) is 1.21. The Balaban J connectivity index is 2.12. The second-order valence-corrected chi connectivity index (χ2v) is 6.91. The average Bonchev–Trinajstić information content (AvgIpc) is 2.92. The van der Waals surface area contributed by atoms with Gasteiger partial charge in [-0.25, -0.2) is 0 Å². The van der Waals surface area contributed by atoms with Crippen LogP contribution in [0.15, 0.2) is 53.1 Å². The third-order valence-electron chi connectivity index (χ3n) is 4.52. The molecule has 1 N–H and O–H groups in total. The second kappa shape index (κ2) is 5.64. The molecule has 1 saturated carbocycles. The molecule has 1 aromatic carbocycles. The monoisotopic (exact) mass is 454 g/mol. The standard InChI is InChI=1S/C17H18O3.W/c1-12(18)17(13-7-4-3-5-8-13)14(11-19-2)16(17)15-9-6-10-20-15;/h3-10,12,14,16,18H,1-2H3;/t12?,14-,16+,17-;/m1./s1. The number of furan rings is 1. The first-order valence-electron chi connectivity index (χ1n) is 6.98. The third kappa shape index (κ3) is 2.19. The molecular weight excluding hydrogens is 436 g/mol. The Morgan fingerprint density at radius 1 is 1.29 bits per heavy atom. The second-order valence-electron chi connectivity index (χ2n) is 5.47. The Morgan fingerprint density at radius 2 is 2.00 bits per heavy atom. The van der Waals surface area contributed by atoms with E-state index in [9.17, 15) is 5.11 Å². The molecule has 2 aromatic rings. The quantitative estimate of drug-likeness (QED) is 0.756. The molecule has 1 aliphatic carbocycles. The zero-order valence-corrected chi connectivity index (χ0v) is 15.0. The van der Waals surface area contributed by atoms with E-state index in [1.165, 1.54) is 19.4 Å². The predicted octanol–water partition coefficient (Wildman–Crippen LogP) is 2.63. The van der Waals surface area contributed by atoms with E-state index >= 15 is 0 Å². The van der Waals surface area contributed by atoms with E-state index in [1.54, 1.807) is 13.4 Å². The van der Waals surface area contributed by atoms with Crippen molar-refractivity contribution >= 4 is 4.08 Å². The third-order valence-corrected chi connectivity index (χ3v) is 6.03. The van der Waals surface area contributed by atoms with E-state index in [2.05, 4.69) is 12.1 Å². The molecule has 1 unspecified atom stereocenters. The summed E-state index contributed by atoms with van der Waals surface area (Å²) in [6.45, 7) is 1.86. The molecule has 1 aliphatic rings. The summed E-state index contributed by atoms with van der Waals surface area (Å²) in [5, 5.41) is 10.6. The van der Waals surface area contributed by atoms with Crippen molar-refractivity contribution < 1.29 is 33.6 Å². The number of hydrogen-bond acceptors (Lipinski definition) is 3. The minimum absolute atomic E-state index is 0.127. The van der Waals surface area contributed by atoms with Gasteiger partial charge in [-0.15, -0.1) is 0 Å². The Morgan fingerprint density at radius 3 is 2.52 bits per heavy atom. The van der Waals surface area contributed by atoms with Gasteiger partial charge in [0, 0.05) is 0 Å². The molecule has 0 bridgehead atoms. The van der Waals surface area contributed by atoms with Crippen molar-refractivity contribution in [2.24, 2.45) is 5.92 Å². The number of aliphatic hydroxyl groups excluding tert-OH is 1. The molecule has 4 heteroatoms. The first-order chi connectivity index (χ1) is 10.1. The van der Waals surface area contributed by atoms with E-state index in [-0.39, 0.29) is 17.3 Å². The van der Waals surface area contributed by atoms with Crippen LogP contribution in [0, 0.1) is 5.92 Å². The maximum atomic E-state index is 10.6. The molecule has 0 radical (unpaired) electrons. The fourth-order valence-electron chi connectivity index (χ4n) is 3.58. The normalized spacial score (nSPS) is 29.1. The molecule has 0 spiro atoms. The molecule has 110 valence electrons. The van der Waals surface area contributed by atoms with Gasteiger partial charge in [0.2, 0.25) is 0 Å². The Hall–Kier alpha value is -1.02. The van der Waals surface area contributed by atoms with Crippen LogP contribution < -0.4 is 0 Å². The number of rotatable bonds is 5. The minimum atomic E-state index is -0.482. The SMILES string of the molecule is CO[C](=[W])[C@@H]1[C@@H](c2ccco2)[C@@]1(c1ccccc1)C(C)O. The number of aliphatic hydroxyl groups is 1. The van der Waals surface area contributed by atoms with Gasteiger partial charge < -0.3 is 0 Å². The molecule has 0 aliphatic heterocycles. The topological polar surface area (TPSA) is 42.6 Å². The van der Waals surface area contributed by atoms with Crippen molar-refractivity contribution in [2.75, 3.05) is 7.11 Å². The van der Waals surface area contributed by atoms with Crippen LogP contribution in [0.4, 0.5) is 0 Å². The summed E-state index contributed by atoms with van der Waals surface area (Å²) in [6, 6.07) is 14.1. The van der Waals surface area contributed by atoms with E-state index in [0.29, 0.717) is 0 Å². The maximum absolute atomic E-state index is 10.6. The summed E-state index contributed by atoms with van der Waals surface area (Å²) in [7, 11) is 1.71. The van der Waals surface area contributed by atoms with Crippen LogP contribution in [-0.4, -0.2) is 22.4 Å². The van der Waals surface area contributed by atoms with Crippen LogP contribution in [0.3, 0.4) is 0 Å². The van der Waals surface area contributed by atoms with Crippen molar-refractivity contribution in [3.8, 4) is 0 Å². The molecule has 4 atom stereocenters. The van der Waals surface area contributed by atoms with E-state index < -0.39 is 6.10 Å². The number of benzene rings is 1.